The molecule has 0 unspecified atom stereocenters. The van der Waals surface area contributed by atoms with Crippen LogP contribution in [-0.4, -0.2) is 60.8 Å². The molecule has 8 heteroatoms. The summed E-state index contributed by atoms with van der Waals surface area (Å²) < 4.78 is 5.43. The maximum Gasteiger partial charge on any atom is 0.328 e. The van der Waals surface area contributed by atoms with Crippen LogP contribution in [0.4, 0.5) is 11.4 Å². The van der Waals surface area contributed by atoms with Crippen molar-refractivity contribution in [1.29, 1.82) is 0 Å². The molecular weight excluding hydrogens is 350 g/mol. The molecule has 0 aromatic heterocycles. The summed E-state index contributed by atoms with van der Waals surface area (Å²) in [6.07, 6.45) is 4.64. The van der Waals surface area contributed by atoms with Crippen LogP contribution >= 0.6 is 0 Å². The standard InChI is InChI=1S/C15H21N3O.C4H4O4/c1-2-6-14(18-9-11-19-12-10-18)13(5-1)17-15-7-3-4-8-16-15;5-3(6)1-2-4(7)8/h1-2,5-6H,3-4,7-12H2,(H,16,17);1-2H,(H,5,6)(H,7,8). The van der Waals surface area contributed by atoms with Crippen LogP contribution < -0.4 is 10.2 Å². The van der Waals surface area contributed by atoms with E-state index in [0.29, 0.717) is 12.2 Å². The molecule has 146 valence electrons. The Morgan fingerprint density at radius 1 is 1.07 bits per heavy atom. The Balaban J connectivity index is 0.000000279. The first-order chi connectivity index (χ1) is 13.1. The fourth-order valence-electron chi connectivity index (χ4n) is 2.76. The molecule has 3 N–H and O–H groups in total. The van der Waals surface area contributed by atoms with E-state index in [-0.39, 0.29) is 0 Å². The predicted molar refractivity (Wildman–Crippen MR) is 104 cm³/mol. The number of morpholine rings is 1. The first kappa shape index (κ1) is 20.4. The summed E-state index contributed by atoms with van der Waals surface area (Å²) in [5.74, 6) is -1.38. The second kappa shape index (κ2) is 11.0. The summed E-state index contributed by atoms with van der Waals surface area (Å²) in [5.41, 5.74) is 2.43. The lowest BCUT2D eigenvalue weighted by Gasteiger charge is -2.31. The Labute approximate surface area is 158 Å². The van der Waals surface area contributed by atoms with Gasteiger partial charge in [0.05, 0.1) is 24.6 Å². The summed E-state index contributed by atoms with van der Waals surface area (Å²) >= 11 is 0. The molecule has 0 bridgehead atoms. The third-order valence-corrected chi connectivity index (χ3v) is 4.03. The van der Waals surface area contributed by atoms with Crippen molar-refractivity contribution in [3.8, 4) is 0 Å². The Bertz CT molecular complexity index is 680. The van der Waals surface area contributed by atoms with Gasteiger partial charge in [-0.2, -0.15) is 0 Å². The fourth-order valence-corrected chi connectivity index (χ4v) is 2.76. The highest BCUT2D eigenvalue weighted by Gasteiger charge is 2.15. The molecule has 0 atom stereocenters. The molecule has 3 rings (SSSR count). The summed E-state index contributed by atoms with van der Waals surface area (Å²) in [6, 6.07) is 8.49. The van der Waals surface area contributed by atoms with Gasteiger partial charge in [-0.05, 0) is 25.0 Å². The van der Waals surface area contributed by atoms with Crippen LogP contribution in [0.25, 0.3) is 0 Å². The van der Waals surface area contributed by atoms with Crippen LogP contribution in [0.5, 0.6) is 0 Å². The molecule has 0 radical (unpaired) electrons. The molecule has 1 aromatic carbocycles. The first-order valence-electron chi connectivity index (χ1n) is 8.92. The number of aliphatic imine (C=N–C) groups is 1. The number of hydrogen-bond acceptors (Lipinski definition) is 6. The minimum Gasteiger partial charge on any atom is -0.478 e. The van der Waals surface area contributed by atoms with Gasteiger partial charge in [-0.25, -0.2) is 9.59 Å². The number of anilines is 2. The van der Waals surface area contributed by atoms with E-state index in [4.69, 9.17) is 14.9 Å². The molecule has 2 heterocycles. The van der Waals surface area contributed by atoms with E-state index in [1.165, 1.54) is 24.2 Å². The third-order valence-electron chi connectivity index (χ3n) is 4.03. The summed E-state index contributed by atoms with van der Waals surface area (Å²) in [6.45, 7) is 4.52. The van der Waals surface area contributed by atoms with E-state index < -0.39 is 11.9 Å². The number of carboxylic acid groups (broad SMARTS) is 2. The van der Waals surface area contributed by atoms with Crippen molar-refractivity contribution < 1.29 is 24.5 Å². The molecule has 2 aliphatic rings. The molecule has 2 aliphatic heterocycles. The van der Waals surface area contributed by atoms with E-state index in [9.17, 15) is 9.59 Å². The maximum atomic E-state index is 9.55. The minimum absolute atomic E-state index is 0.558. The lowest BCUT2D eigenvalue weighted by atomic mass is 10.1. The monoisotopic (exact) mass is 375 g/mol. The van der Waals surface area contributed by atoms with Crippen molar-refractivity contribution in [2.45, 2.75) is 19.3 Å². The zero-order valence-corrected chi connectivity index (χ0v) is 15.1. The molecule has 0 spiro atoms. The van der Waals surface area contributed by atoms with E-state index in [2.05, 4.69) is 39.5 Å². The maximum absolute atomic E-state index is 9.55. The van der Waals surface area contributed by atoms with Crippen LogP contribution in [0.1, 0.15) is 19.3 Å². The van der Waals surface area contributed by atoms with Crippen LogP contribution in [0.3, 0.4) is 0 Å². The molecule has 0 saturated carbocycles. The number of para-hydroxylation sites is 2. The van der Waals surface area contributed by atoms with E-state index in [0.717, 1.165) is 45.1 Å². The normalized spacial score (nSPS) is 16.9. The van der Waals surface area contributed by atoms with Gasteiger partial charge in [0.15, 0.2) is 0 Å². The minimum atomic E-state index is -1.26. The van der Waals surface area contributed by atoms with Gasteiger partial charge in [0.25, 0.3) is 0 Å². The average Bonchev–Trinajstić information content (AvgIpc) is 2.69. The van der Waals surface area contributed by atoms with E-state index in [1.54, 1.807) is 0 Å². The lowest BCUT2D eigenvalue weighted by Crippen LogP contribution is -2.36. The van der Waals surface area contributed by atoms with Gasteiger partial charge in [-0.15, -0.1) is 0 Å². The Hall–Kier alpha value is -2.87. The number of benzene rings is 1. The third kappa shape index (κ3) is 7.49. The quantitative estimate of drug-likeness (QED) is 0.692. The van der Waals surface area contributed by atoms with Crippen LogP contribution in [0.15, 0.2) is 41.4 Å². The highest BCUT2D eigenvalue weighted by atomic mass is 16.5. The Kier molecular flexibility index (Phi) is 8.31. The summed E-state index contributed by atoms with van der Waals surface area (Å²) in [4.78, 5) is 26.1. The topological polar surface area (TPSA) is 111 Å². The number of nitrogens with one attached hydrogen (secondary N) is 1. The van der Waals surface area contributed by atoms with Gasteiger partial charge in [0, 0.05) is 38.2 Å². The average molecular weight is 375 g/mol. The van der Waals surface area contributed by atoms with Crippen molar-refractivity contribution in [3.05, 3.63) is 36.4 Å². The second-order valence-corrected chi connectivity index (χ2v) is 6.04. The van der Waals surface area contributed by atoms with Crippen molar-refractivity contribution in [2.75, 3.05) is 43.1 Å². The first-order valence-corrected chi connectivity index (χ1v) is 8.92. The smallest absolute Gasteiger partial charge is 0.328 e. The largest absolute Gasteiger partial charge is 0.478 e. The zero-order valence-electron chi connectivity index (χ0n) is 15.1. The van der Waals surface area contributed by atoms with E-state index in [1.807, 2.05) is 0 Å². The van der Waals surface area contributed by atoms with Crippen LogP contribution in [0.2, 0.25) is 0 Å². The Morgan fingerprint density at radius 2 is 1.74 bits per heavy atom. The van der Waals surface area contributed by atoms with E-state index >= 15 is 0 Å². The van der Waals surface area contributed by atoms with Gasteiger partial charge in [-0.1, -0.05) is 12.1 Å². The van der Waals surface area contributed by atoms with Gasteiger partial charge < -0.3 is 25.2 Å². The van der Waals surface area contributed by atoms with Gasteiger partial charge in [0.1, 0.15) is 5.84 Å². The molecule has 1 saturated heterocycles. The molecule has 27 heavy (non-hydrogen) atoms. The molecule has 1 aromatic rings. The summed E-state index contributed by atoms with van der Waals surface area (Å²) in [7, 11) is 0. The van der Waals surface area contributed by atoms with Gasteiger partial charge in [0.2, 0.25) is 0 Å². The molecule has 1 fully saturated rings. The molecule has 8 nitrogen and oxygen atoms in total. The number of aliphatic carboxylic acids is 2. The molecule has 0 aliphatic carbocycles. The van der Waals surface area contributed by atoms with Crippen LogP contribution in [0, 0.1) is 0 Å². The number of ether oxygens (including phenoxy) is 1. The number of nitrogens with zero attached hydrogens (tertiary/aromatic N) is 2. The van der Waals surface area contributed by atoms with Crippen molar-refractivity contribution >= 4 is 29.1 Å². The summed E-state index contributed by atoms with van der Waals surface area (Å²) in [5, 5.41) is 19.1. The molecular formula is C19H25N3O5. The number of carboxylic acids is 2. The molecule has 0 amide bonds. The number of hydrogen-bond donors (Lipinski definition) is 3. The lowest BCUT2D eigenvalue weighted by molar-refractivity contribution is -0.134. The Morgan fingerprint density at radius 3 is 2.33 bits per heavy atom. The van der Waals surface area contributed by atoms with Crippen molar-refractivity contribution in [1.82, 2.24) is 0 Å². The van der Waals surface area contributed by atoms with Crippen LogP contribution in [-0.2, 0) is 14.3 Å². The zero-order chi connectivity index (χ0) is 19.5. The second-order valence-electron chi connectivity index (χ2n) is 6.04. The highest BCUT2D eigenvalue weighted by molar-refractivity contribution is 5.98. The SMILES string of the molecule is O=C(O)C=CC(=O)O.c1ccc(N2CCOCC2)c(NC2=NCCCC2)c1. The predicted octanol–water partition coefficient (Wildman–Crippen LogP) is 2.23. The number of carbonyl (C=O) groups is 2. The number of amidine groups is 1. The van der Waals surface area contributed by atoms with Gasteiger partial charge in [-0.3, -0.25) is 4.99 Å². The number of rotatable bonds is 4. The van der Waals surface area contributed by atoms with Gasteiger partial charge >= 0.3 is 11.9 Å². The fraction of sp³-hybridized carbons (Fsp3) is 0.421. The highest BCUT2D eigenvalue weighted by Crippen LogP contribution is 2.27. The van der Waals surface area contributed by atoms with Crippen molar-refractivity contribution in [3.63, 3.8) is 0 Å². The van der Waals surface area contributed by atoms with Crippen molar-refractivity contribution in [2.24, 2.45) is 4.99 Å².